The van der Waals surface area contributed by atoms with Crippen LogP contribution in [0.5, 0.6) is 0 Å². The largest absolute Gasteiger partial charge is 0.380 e. The number of imidazole rings is 1. The minimum atomic E-state index is -2.79. The molecule has 2 aromatic heterocycles. The lowest BCUT2D eigenvalue weighted by Gasteiger charge is -2.28. The number of aromatic nitrogens is 4. The first-order chi connectivity index (χ1) is 17.4. The molecule has 1 saturated carbocycles. The van der Waals surface area contributed by atoms with Crippen LogP contribution in [0, 0.1) is 0 Å². The molecule has 0 radical (unpaired) electrons. The van der Waals surface area contributed by atoms with E-state index in [1.807, 2.05) is 4.90 Å². The SMILES string of the molecule is O=C(N1CCC(Nc2cc(-n3c(C(F)F)nc4ccccc43)nc(N3CCOCC3)n2)C1)C1(O)CC1. The molecule has 0 spiro atoms. The van der Waals surface area contributed by atoms with E-state index in [1.54, 1.807) is 35.2 Å². The first kappa shape index (κ1) is 23.0. The lowest BCUT2D eigenvalue weighted by Crippen LogP contribution is -2.40. The molecule has 3 aromatic rings. The van der Waals surface area contributed by atoms with Gasteiger partial charge in [0, 0.05) is 38.3 Å². The van der Waals surface area contributed by atoms with E-state index in [0.29, 0.717) is 81.5 Å². The lowest BCUT2D eigenvalue weighted by molar-refractivity contribution is -0.141. The highest BCUT2D eigenvalue weighted by Crippen LogP contribution is 2.38. The Balaban J connectivity index is 1.35. The Morgan fingerprint density at radius 1 is 1.14 bits per heavy atom. The molecule has 3 aliphatic rings. The number of fused-ring (bicyclic) bond motifs is 1. The van der Waals surface area contributed by atoms with Crippen LogP contribution in [0.3, 0.4) is 0 Å². The number of alkyl halides is 2. The molecule has 3 fully saturated rings. The highest BCUT2D eigenvalue weighted by molar-refractivity contribution is 5.88. The summed E-state index contributed by atoms with van der Waals surface area (Å²) in [5.41, 5.74) is -0.216. The molecule has 12 heteroatoms. The minimum absolute atomic E-state index is 0.0920. The van der Waals surface area contributed by atoms with Crippen molar-refractivity contribution in [3.05, 3.63) is 36.2 Å². The first-order valence-electron chi connectivity index (χ1n) is 12.2. The predicted molar refractivity (Wildman–Crippen MR) is 127 cm³/mol. The number of para-hydroxylation sites is 2. The molecule has 2 N–H and O–H groups in total. The summed E-state index contributed by atoms with van der Waals surface area (Å²) in [4.78, 5) is 29.7. The second kappa shape index (κ2) is 8.93. The number of amides is 1. The number of aliphatic hydroxyl groups is 1. The van der Waals surface area contributed by atoms with Crippen LogP contribution in [0.25, 0.3) is 16.9 Å². The number of hydrogen-bond acceptors (Lipinski definition) is 8. The summed E-state index contributed by atoms with van der Waals surface area (Å²) in [6, 6.07) is 8.51. The second-order valence-electron chi connectivity index (χ2n) is 9.52. The van der Waals surface area contributed by atoms with Crippen molar-refractivity contribution in [1.82, 2.24) is 24.4 Å². The van der Waals surface area contributed by atoms with Crippen LogP contribution < -0.4 is 10.2 Å². The molecule has 2 saturated heterocycles. The number of benzene rings is 1. The zero-order chi connectivity index (χ0) is 24.9. The summed E-state index contributed by atoms with van der Waals surface area (Å²) in [5, 5.41) is 13.6. The number of nitrogens with one attached hydrogen (secondary N) is 1. The van der Waals surface area contributed by atoms with Crippen LogP contribution >= 0.6 is 0 Å². The van der Waals surface area contributed by atoms with E-state index in [0.717, 1.165) is 0 Å². The number of carbonyl (C=O) groups is 1. The number of anilines is 2. The van der Waals surface area contributed by atoms with Crippen molar-refractivity contribution in [2.75, 3.05) is 49.6 Å². The van der Waals surface area contributed by atoms with Gasteiger partial charge in [0.2, 0.25) is 5.95 Å². The number of rotatable bonds is 6. The Morgan fingerprint density at radius 3 is 2.67 bits per heavy atom. The number of carbonyl (C=O) groups excluding carboxylic acids is 1. The molecule has 1 aromatic carbocycles. The molecular formula is C24H27F2N7O3. The van der Waals surface area contributed by atoms with Crippen LogP contribution in [0.1, 0.15) is 31.5 Å². The van der Waals surface area contributed by atoms with Crippen molar-refractivity contribution in [1.29, 1.82) is 0 Å². The molecule has 36 heavy (non-hydrogen) atoms. The van der Waals surface area contributed by atoms with E-state index in [9.17, 15) is 18.7 Å². The normalized spacial score (nSPS) is 21.4. The molecular weight excluding hydrogens is 472 g/mol. The topological polar surface area (TPSA) is 109 Å². The van der Waals surface area contributed by atoms with Gasteiger partial charge in [-0.1, -0.05) is 12.1 Å². The molecule has 6 rings (SSSR count). The minimum Gasteiger partial charge on any atom is -0.380 e. The molecule has 1 unspecified atom stereocenters. The van der Waals surface area contributed by atoms with E-state index in [1.165, 1.54) is 4.57 Å². The first-order valence-corrected chi connectivity index (χ1v) is 12.2. The number of hydrogen-bond donors (Lipinski definition) is 2. The van der Waals surface area contributed by atoms with Gasteiger partial charge in [-0.05, 0) is 31.4 Å². The average Bonchev–Trinajstić information content (AvgIpc) is 3.30. The van der Waals surface area contributed by atoms with Gasteiger partial charge in [-0.3, -0.25) is 9.36 Å². The summed E-state index contributed by atoms with van der Waals surface area (Å²) in [6.07, 6.45) is -1.10. The van der Waals surface area contributed by atoms with E-state index >= 15 is 0 Å². The second-order valence-corrected chi connectivity index (χ2v) is 9.52. The van der Waals surface area contributed by atoms with Crippen LogP contribution in [0.15, 0.2) is 30.3 Å². The fourth-order valence-corrected chi connectivity index (χ4v) is 4.85. The number of likely N-dealkylation sites (tertiary alicyclic amines) is 1. The Labute approximate surface area is 205 Å². The van der Waals surface area contributed by atoms with Gasteiger partial charge in [-0.25, -0.2) is 13.8 Å². The standard InChI is InChI=1S/C24H27F2N7O3/c25-20(26)21-28-16-3-1-2-4-17(16)33(21)19-13-18(29-23(30-19)31-9-11-36-12-10-31)27-15-5-8-32(14-15)22(34)24(35)6-7-24/h1-4,13,15,20,35H,5-12,14H2,(H,27,29,30). The summed E-state index contributed by atoms with van der Waals surface area (Å²) >= 11 is 0. The van der Waals surface area contributed by atoms with Crippen LogP contribution in [0.2, 0.25) is 0 Å². The smallest absolute Gasteiger partial charge is 0.296 e. The van der Waals surface area contributed by atoms with Crippen LogP contribution in [-0.4, -0.2) is 86.5 Å². The molecule has 0 bridgehead atoms. The van der Waals surface area contributed by atoms with Gasteiger partial charge >= 0.3 is 0 Å². The van der Waals surface area contributed by atoms with Gasteiger partial charge in [-0.2, -0.15) is 9.97 Å². The fourth-order valence-electron chi connectivity index (χ4n) is 4.85. The number of ether oxygens (including phenoxy) is 1. The highest BCUT2D eigenvalue weighted by atomic mass is 19.3. The van der Waals surface area contributed by atoms with Crippen LogP contribution in [0.4, 0.5) is 20.5 Å². The summed E-state index contributed by atoms with van der Waals surface area (Å²) in [6.45, 7) is 3.18. The van der Waals surface area contributed by atoms with E-state index in [4.69, 9.17) is 9.72 Å². The van der Waals surface area contributed by atoms with Gasteiger partial charge in [0.05, 0.1) is 24.2 Å². The quantitative estimate of drug-likeness (QED) is 0.531. The maximum absolute atomic E-state index is 14.0. The summed E-state index contributed by atoms with van der Waals surface area (Å²) in [5.74, 6) is 0.564. The molecule has 190 valence electrons. The monoisotopic (exact) mass is 499 g/mol. The van der Waals surface area contributed by atoms with Gasteiger partial charge in [0.25, 0.3) is 12.3 Å². The van der Waals surface area contributed by atoms with Crippen LogP contribution in [-0.2, 0) is 9.53 Å². The van der Waals surface area contributed by atoms with Gasteiger partial charge in [0.15, 0.2) is 5.82 Å². The Morgan fingerprint density at radius 2 is 1.92 bits per heavy atom. The van der Waals surface area contributed by atoms with Crippen molar-refractivity contribution < 1.29 is 23.4 Å². The number of morpholine rings is 1. The molecule has 1 atom stereocenters. The fraction of sp³-hybridized carbons (Fsp3) is 0.500. The van der Waals surface area contributed by atoms with Crippen molar-refractivity contribution in [2.24, 2.45) is 0 Å². The van der Waals surface area contributed by atoms with Gasteiger partial charge < -0.3 is 25.0 Å². The van der Waals surface area contributed by atoms with Gasteiger partial charge in [0.1, 0.15) is 17.2 Å². The molecule has 4 heterocycles. The maximum Gasteiger partial charge on any atom is 0.296 e. The third-order valence-corrected chi connectivity index (χ3v) is 6.95. The Kier molecular flexibility index (Phi) is 5.72. The summed E-state index contributed by atoms with van der Waals surface area (Å²) < 4.78 is 34.9. The highest BCUT2D eigenvalue weighted by Gasteiger charge is 2.51. The van der Waals surface area contributed by atoms with Crippen molar-refractivity contribution in [2.45, 2.75) is 37.3 Å². The average molecular weight is 500 g/mol. The molecule has 1 aliphatic carbocycles. The zero-order valence-electron chi connectivity index (χ0n) is 19.6. The third kappa shape index (κ3) is 4.24. The maximum atomic E-state index is 14.0. The van der Waals surface area contributed by atoms with E-state index < -0.39 is 12.0 Å². The number of halogens is 2. The lowest BCUT2D eigenvalue weighted by atomic mass is 10.2. The zero-order valence-corrected chi connectivity index (χ0v) is 19.6. The Hall–Kier alpha value is -3.38. The Bertz CT molecular complexity index is 1290. The van der Waals surface area contributed by atoms with Crippen molar-refractivity contribution >= 4 is 28.7 Å². The van der Waals surface area contributed by atoms with E-state index in [2.05, 4.69) is 15.3 Å². The van der Waals surface area contributed by atoms with Crippen molar-refractivity contribution in [3.8, 4) is 5.82 Å². The molecule has 2 aliphatic heterocycles. The predicted octanol–water partition coefficient (Wildman–Crippen LogP) is 2.13. The number of nitrogens with zero attached hydrogens (tertiary/aromatic N) is 6. The van der Waals surface area contributed by atoms with E-state index in [-0.39, 0.29) is 23.6 Å². The molecule has 10 nitrogen and oxygen atoms in total. The van der Waals surface area contributed by atoms with Crippen molar-refractivity contribution in [3.63, 3.8) is 0 Å². The molecule has 1 amide bonds. The summed E-state index contributed by atoms with van der Waals surface area (Å²) in [7, 11) is 0. The van der Waals surface area contributed by atoms with Gasteiger partial charge in [-0.15, -0.1) is 0 Å². The third-order valence-electron chi connectivity index (χ3n) is 6.95.